The quantitative estimate of drug-likeness (QED) is 0.659. The molecule has 1 rings (SSSR count). The summed E-state index contributed by atoms with van der Waals surface area (Å²) in [4.78, 5) is 0. The third-order valence-electron chi connectivity index (χ3n) is 1.93. The Morgan fingerprint density at radius 3 is 2.64 bits per heavy atom. The van der Waals surface area contributed by atoms with Crippen molar-refractivity contribution in [3.05, 3.63) is 32.9 Å². The fourth-order valence-electron chi connectivity index (χ4n) is 1.17. The van der Waals surface area contributed by atoms with Gasteiger partial charge < -0.3 is 10.4 Å². The van der Waals surface area contributed by atoms with E-state index in [0.717, 1.165) is 6.07 Å². The molecule has 0 aromatic heterocycles. The van der Waals surface area contributed by atoms with E-state index in [9.17, 15) is 8.78 Å². The number of hydrogen-bond donors (Lipinski definition) is 2. The van der Waals surface area contributed by atoms with Gasteiger partial charge in [-0.15, -0.1) is 0 Å². The number of halogens is 3. The maximum Gasteiger partial charge on any atom is 0.139 e. The molecule has 1 aromatic rings. The largest absolute Gasteiger partial charge is 0.394 e. The molecule has 0 aliphatic rings. The lowest BCUT2D eigenvalue weighted by Gasteiger charge is -2.15. The van der Waals surface area contributed by atoms with Crippen molar-refractivity contribution in [3.63, 3.8) is 0 Å². The number of hydrogen-bond acceptors (Lipinski definition) is 2. The molecule has 0 spiro atoms. The number of rotatable bonds is 3. The molecule has 0 aliphatic heterocycles. The van der Waals surface area contributed by atoms with E-state index in [1.807, 2.05) is 0 Å². The first-order valence-corrected chi connectivity index (χ1v) is 5.10. The molecule has 1 atom stereocenters. The zero-order valence-corrected chi connectivity index (χ0v) is 9.68. The van der Waals surface area contributed by atoms with Gasteiger partial charge >= 0.3 is 0 Å². The molecule has 0 saturated carbocycles. The molecule has 2 nitrogen and oxygen atoms in total. The molecule has 5 heteroatoms. The van der Waals surface area contributed by atoms with E-state index >= 15 is 0 Å². The van der Waals surface area contributed by atoms with E-state index in [4.69, 9.17) is 5.11 Å². The van der Waals surface area contributed by atoms with Gasteiger partial charge in [0.15, 0.2) is 0 Å². The molecule has 1 unspecified atom stereocenters. The molecular weight excluding hydrogens is 303 g/mol. The van der Waals surface area contributed by atoms with Crippen LogP contribution in [-0.2, 0) is 0 Å². The second-order valence-corrected chi connectivity index (χ2v) is 3.89. The summed E-state index contributed by atoms with van der Waals surface area (Å²) in [6.07, 6.45) is 0. The van der Waals surface area contributed by atoms with Crippen molar-refractivity contribution in [2.75, 3.05) is 13.7 Å². The average molecular weight is 313 g/mol. The van der Waals surface area contributed by atoms with Crippen LogP contribution >= 0.6 is 22.6 Å². The Morgan fingerprint density at radius 1 is 1.50 bits per heavy atom. The van der Waals surface area contributed by atoms with Crippen LogP contribution in [0.2, 0.25) is 0 Å². The fourth-order valence-corrected chi connectivity index (χ4v) is 1.86. The molecule has 2 N–H and O–H groups in total. The normalized spacial score (nSPS) is 12.9. The van der Waals surface area contributed by atoms with Crippen molar-refractivity contribution in [2.45, 2.75) is 6.04 Å². The molecule has 0 bridgehead atoms. The number of benzene rings is 1. The molecule has 78 valence electrons. The summed E-state index contributed by atoms with van der Waals surface area (Å²) in [6, 6.07) is 1.62. The third kappa shape index (κ3) is 2.40. The summed E-state index contributed by atoms with van der Waals surface area (Å²) >= 11 is 1.79. The minimum Gasteiger partial charge on any atom is -0.394 e. The lowest BCUT2D eigenvalue weighted by Crippen LogP contribution is -2.21. The molecule has 14 heavy (non-hydrogen) atoms. The third-order valence-corrected chi connectivity index (χ3v) is 3.07. The Bertz CT molecular complexity index is 329. The van der Waals surface area contributed by atoms with Crippen LogP contribution in [0.4, 0.5) is 8.78 Å². The highest BCUT2D eigenvalue weighted by Gasteiger charge is 2.15. The van der Waals surface area contributed by atoms with E-state index in [1.54, 1.807) is 29.6 Å². The number of aliphatic hydroxyl groups excluding tert-OH is 1. The predicted molar refractivity (Wildman–Crippen MR) is 58.0 cm³/mol. The van der Waals surface area contributed by atoms with E-state index in [2.05, 4.69) is 5.32 Å². The Balaban J connectivity index is 3.18. The Labute approximate surface area is 94.5 Å². The monoisotopic (exact) mass is 313 g/mol. The molecule has 0 saturated heterocycles. The number of nitrogens with one attached hydrogen (secondary N) is 1. The maximum absolute atomic E-state index is 13.1. The molecule has 0 heterocycles. The predicted octanol–water partition coefficient (Wildman–Crippen LogP) is 1.82. The van der Waals surface area contributed by atoms with E-state index in [0.29, 0.717) is 9.13 Å². The summed E-state index contributed by atoms with van der Waals surface area (Å²) in [5, 5.41) is 11.8. The average Bonchev–Trinajstić information content (AvgIpc) is 2.15. The highest BCUT2D eigenvalue weighted by atomic mass is 127. The minimum atomic E-state index is -0.633. The topological polar surface area (TPSA) is 32.3 Å². The Morgan fingerprint density at radius 2 is 2.14 bits per heavy atom. The van der Waals surface area contributed by atoms with Gasteiger partial charge in [0.2, 0.25) is 0 Å². The van der Waals surface area contributed by atoms with Crippen LogP contribution in [-0.4, -0.2) is 18.8 Å². The van der Waals surface area contributed by atoms with Crippen molar-refractivity contribution in [2.24, 2.45) is 0 Å². The highest BCUT2D eigenvalue weighted by Crippen LogP contribution is 2.23. The number of aliphatic hydroxyl groups is 1. The second kappa shape index (κ2) is 4.99. The summed E-state index contributed by atoms with van der Waals surface area (Å²) in [5.41, 5.74) is 0.438. The number of likely N-dealkylation sites (N-methyl/N-ethyl adjacent to an activating group) is 1. The fraction of sp³-hybridized carbons (Fsp3) is 0.333. The molecular formula is C9H10F2INO. The van der Waals surface area contributed by atoms with Gasteiger partial charge in [-0.3, -0.25) is 0 Å². The van der Waals surface area contributed by atoms with Gasteiger partial charge in [0, 0.05) is 6.07 Å². The Kier molecular flexibility index (Phi) is 4.21. The van der Waals surface area contributed by atoms with Gasteiger partial charge in [-0.2, -0.15) is 0 Å². The van der Waals surface area contributed by atoms with Crippen LogP contribution < -0.4 is 5.32 Å². The van der Waals surface area contributed by atoms with Crippen molar-refractivity contribution in [1.82, 2.24) is 5.32 Å². The van der Waals surface area contributed by atoms with Gasteiger partial charge in [-0.05, 0) is 41.3 Å². The smallest absolute Gasteiger partial charge is 0.139 e. The molecule has 0 aliphatic carbocycles. The van der Waals surface area contributed by atoms with Gasteiger partial charge in [-0.25, -0.2) is 8.78 Å². The van der Waals surface area contributed by atoms with E-state index in [-0.39, 0.29) is 6.61 Å². The van der Waals surface area contributed by atoms with Crippen molar-refractivity contribution < 1.29 is 13.9 Å². The SMILES string of the molecule is CNC(CO)c1cc(F)cc(F)c1I. The molecule has 0 fully saturated rings. The summed E-state index contributed by atoms with van der Waals surface area (Å²) in [7, 11) is 1.62. The lowest BCUT2D eigenvalue weighted by molar-refractivity contribution is 0.250. The first kappa shape index (κ1) is 11.8. The van der Waals surface area contributed by atoms with Crippen LogP contribution in [0, 0.1) is 15.2 Å². The van der Waals surface area contributed by atoms with Crippen molar-refractivity contribution in [1.29, 1.82) is 0 Å². The second-order valence-electron chi connectivity index (χ2n) is 2.81. The minimum absolute atomic E-state index is 0.199. The van der Waals surface area contributed by atoms with Crippen LogP contribution in [0.5, 0.6) is 0 Å². The van der Waals surface area contributed by atoms with Crippen LogP contribution in [0.15, 0.2) is 12.1 Å². The van der Waals surface area contributed by atoms with E-state index < -0.39 is 17.7 Å². The maximum atomic E-state index is 13.1. The van der Waals surface area contributed by atoms with Gasteiger partial charge in [0.25, 0.3) is 0 Å². The lowest BCUT2D eigenvalue weighted by atomic mass is 10.1. The first-order valence-electron chi connectivity index (χ1n) is 4.02. The van der Waals surface area contributed by atoms with Crippen molar-refractivity contribution in [3.8, 4) is 0 Å². The highest BCUT2D eigenvalue weighted by molar-refractivity contribution is 14.1. The zero-order chi connectivity index (χ0) is 10.7. The summed E-state index contributed by atoms with van der Waals surface area (Å²) < 4.78 is 26.3. The van der Waals surface area contributed by atoms with Crippen LogP contribution in [0.25, 0.3) is 0 Å². The first-order chi connectivity index (χ1) is 6.60. The summed E-state index contributed by atoms with van der Waals surface area (Å²) in [5.74, 6) is -1.24. The van der Waals surface area contributed by atoms with Crippen molar-refractivity contribution >= 4 is 22.6 Å². The van der Waals surface area contributed by atoms with E-state index in [1.165, 1.54) is 6.07 Å². The van der Waals surface area contributed by atoms with Gasteiger partial charge in [-0.1, -0.05) is 0 Å². The van der Waals surface area contributed by atoms with Gasteiger partial charge in [0.1, 0.15) is 11.6 Å². The Hall–Kier alpha value is -0.270. The van der Waals surface area contributed by atoms with Gasteiger partial charge in [0.05, 0.1) is 16.2 Å². The zero-order valence-electron chi connectivity index (χ0n) is 7.52. The molecule has 1 aromatic carbocycles. The van der Waals surface area contributed by atoms with Crippen LogP contribution in [0.3, 0.4) is 0 Å². The molecule has 0 amide bonds. The van der Waals surface area contributed by atoms with Crippen LogP contribution in [0.1, 0.15) is 11.6 Å². The standard InChI is InChI=1S/C9H10F2INO/c1-13-8(4-14)6-2-5(10)3-7(11)9(6)12/h2-3,8,13-14H,4H2,1H3. The summed E-state index contributed by atoms with van der Waals surface area (Å²) in [6.45, 7) is -0.199. The molecule has 0 radical (unpaired) electrons.